The van der Waals surface area contributed by atoms with E-state index >= 15 is 0 Å². The van der Waals surface area contributed by atoms with Gasteiger partial charge in [-0.25, -0.2) is 0 Å². The van der Waals surface area contributed by atoms with Crippen molar-refractivity contribution in [3.05, 3.63) is 34.6 Å². The number of hydrogen-bond acceptors (Lipinski definition) is 5. The van der Waals surface area contributed by atoms with Crippen LogP contribution in [0.25, 0.3) is 11.5 Å². The molecule has 112 valence electrons. The van der Waals surface area contributed by atoms with Gasteiger partial charge in [0, 0.05) is 22.6 Å². The maximum absolute atomic E-state index is 5.80. The Morgan fingerprint density at radius 3 is 2.81 bits per heavy atom. The number of hydrogen-bond donors (Lipinski definition) is 1. The summed E-state index contributed by atoms with van der Waals surface area (Å²) < 4.78 is 6.84. The summed E-state index contributed by atoms with van der Waals surface area (Å²) >= 11 is 3.42. The molecule has 0 aliphatic carbocycles. The number of halogens is 1. The van der Waals surface area contributed by atoms with E-state index in [1.54, 1.807) is 0 Å². The molecule has 2 heterocycles. The Bertz CT molecular complexity index is 578. The fourth-order valence-electron chi connectivity index (χ4n) is 2.65. The van der Waals surface area contributed by atoms with Gasteiger partial charge in [0.05, 0.1) is 6.54 Å². The van der Waals surface area contributed by atoms with Crippen LogP contribution in [-0.4, -0.2) is 40.8 Å². The third kappa shape index (κ3) is 3.51. The highest BCUT2D eigenvalue weighted by Gasteiger charge is 2.22. The number of benzene rings is 1. The lowest BCUT2D eigenvalue weighted by Crippen LogP contribution is -2.36. The van der Waals surface area contributed by atoms with Crippen molar-refractivity contribution >= 4 is 15.9 Å². The Labute approximate surface area is 132 Å². The zero-order valence-electron chi connectivity index (χ0n) is 12.1. The van der Waals surface area contributed by atoms with Gasteiger partial charge < -0.3 is 9.73 Å². The summed E-state index contributed by atoms with van der Waals surface area (Å²) in [5.74, 6) is 1.26. The minimum Gasteiger partial charge on any atom is -0.419 e. The van der Waals surface area contributed by atoms with Crippen molar-refractivity contribution in [2.75, 3.05) is 19.6 Å². The Balaban J connectivity index is 1.70. The highest BCUT2D eigenvalue weighted by atomic mass is 79.9. The number of nitrogens with one attached hydrogen (secondary N) is 1. The van der Waals surface area contributed by atoms with Gasteiger partial charge in [-0.1, -0.05) is 22.9 Å². The molecule has 1 saturated heterocycles. The van der Waals surface area contributed by atoms with E-state index in [-0.39, 0.29) is 0 Å². The van der Waals surface area contributed by atoms with E-state index in [1.807, 2.05) is 24.3 Å². The zero-order valence-corrected chi connectivity index (χ0v) is 13.6. The normalized spacial score (nSPS) is 18.5. The summed E-state index contributed by atoms with van der Waals surface area (Å²) in [7, 11) is 0. The first kappa shape index (κ1) is 14.7. The van der Waals surface area contributed by atoms with Crippen molar-refractivity contribution in [2.24, 2.45) is 0 Å². The number of likely N-dealkylation sites (N-methyl/N-ethyl adjacent to an activating group) is 1. The van der Waals surface area contributed by atoms with Crippen LogP contribution in [0.2, 0.25) is 0 Å². The van der Waals surface area contributed by atoms with E-state index in [0.717, 1.165) is 29.7 Å². The molecule has 1 fully saturated rings. The monoisotopic (exact) mass is 350 g/mol. The Hall–Kier alpha value is -1.24. The van der Waals surface area contributed by atoms with Gasteiger partial charge in [0.25, 0.3) is 0 Å². The first-order valence-electron chi connectivity index (χ1n) is 7.29. The first-order valence-corrected chi connectivity index (χ1v) is 8.08. The minimum absolute atomic E-state index is 0.568. The molecule has 5 nitrogen and oxygen atoms in total. The molecule has 1 N–H and O–H groups in total. The first-order chi connectivity index (χ1) is 10.3. The molecule has 6 heteroatoms. The highest BCUT2D eigenvalue weighted by molar-refractivity contribution is 9.10. The van der Waals surface area contributed by atoms with Crippen LogP contribution in [0, 0.1) is 0 Å². The van der Waals surface area contributed by atoms with E-state index in [9.17, 15) is 0 Å². The lowest BCUT2D eigenvalue weighted by atomic mass is 10.2. The molecule has 21 heavy (non-hydrogen) atoms. The Morgan fingerprint density at radius 1 is 1.33 bits per heavy atom. The molecule has 1 unspecified atom stereocenters. The van der Waals surface area contributed by atoms with Crippen LogP contribution in [0.1, 0.15) is 19.2 Å². The lowest BCUT2D eigenvalue weighted by Gasteiger charge is -2.24. The van der Waals surface area contributed by atoms with E-state index in [1.165, 1.54) is 6.42 Å². The lowest BCUT2D eigenvalue weighted by molar-refractivity contribution is 0.191. The van der Waals surface area contributed by atoms with Gasteiger partial charge in [-0.05, 0) is 43.8 Å². The molecule has 1 aromatic carbocycles. The molecule has 0 bridgehead atoms. The summed E-state index contributed by atoms with van der Waals surface area (Å²) in [4.78, 5) is 2.39. The van der Waals surface area contributed by atoms with Crippen LogP contribution in [0.15, 0.2) is 33.2 Å². The second-order valence-electron chi connectivity index (χ2n) is 5.22. The summed E-state index contributed by atoms with van der Waals surface area (Å²) in [6.45, 7) is 6.01. The predicted octanol–water partition coefficient (Wildman–Crippen LogP) is 2.68. The second kappa shape index (κ2) is 6.68. The third-order valence-corrected chi connectivity index (χ3v) is 4.38. The van der Waals surface area contributed by atoms with Gasteiger partial charge in [0.2, 0.25) is 11.8 Å². The quantitative estimate of drug-likeness (QED) is 0.898. The van der Waals surface area contributed by atoms with Crippen molar-refractivity contribution < 1.29 is 4.42 Å². The van der Waals surface area contributed by atoms with Crippen LogP contribution < -0.4 is 5.32 Å². The van der Waals surface area contributed by atoms with E-state index in [4.69, 9.17) is 4.42 Å². The fraction of sp³-hybridized carbons (Fsp3) is 0.467. The molecular weight excluding hydrogens is 332 g/mol. The fourth-order valence-corrected chi connectivity index (χ4v) is 2.91. The number of nitrogens with zero attached hydrogens (tertiary/aromatic N) is 3. The summed E-state index contributed by atoms with van der Waals surface area (Å²) in [6.07, 6.45) is 1.18. The smallest absolute Gasteiger partial charge is 0.247 e. The molecular formula is C15H19BrN4O. The summed E-state index contributed by atoms with van der Waals surface area (Å²) in [6, 6.07) is 8.46. The van der Waals surface area contributed by atoms with Crippen molar-refractivity contribution in [2.45, 2.75) is 25.9 Å². The molecule has 0 amide bonds. The van der Waals surface area contributed by atoms with Gasteiger partial charge in [-0.2, -0.15) is 0 Å². The van der Waals surface area contributed by atoms with Crippen molar-refractivity contribution in [1.29, 1.82) is 0 Å². The number of aromatic nitrogens is 2. The molecule has 0 spiro atoms. The molecule has 0 radical (unpaired) electrons. The van der Waals surface area contributed by atoms with E-state index in [0.29, 0.717) is 24.4 Å². The highest BCUT2D eigenvalue weighted by Crippen LogP contribution is 2.21. The third-order valence-electron chi connectivity index (χ3n) is 3.85. The van der Waals surface area contributed by atoms with Gasteiger partial charge >= 0.3 is 0 Å². The van der Waals surface area contributed by atoms with Crippen molar-refractivity contribution in [3.8, 4) is 11.5 Å². The van der Waals surface area contributed by atoms with Gasteiger partial charge in [0.15, 0.2) is 0 Å². The van der Waals surface area contributed by atoms with Crippen LogP contribution in [0.4, 0.5) is 0 Å². The average molecular weight is 351 g/mol. The van der Waals surface area contributed by atoms with Crippen molar-refractivity contribution in [1.82, 2.24) is 20.4 Å². The molecule has 1 atom stereocenters. The molecule has 1 aliphatic rings. The molecule has 0 saturated carbocycles. The topological polar surface area (TPSA) is 54.2 Å². The van der Waals surface area contributed by atoms with Crippen LogP contribution >= 0.6 is 15.9 Å². The SMILES string of the molecule is CCN(Cc1nnc(-c2ccc(Br)cc2)o1)C1CCNC1. The van der Waals surface area contributed by atoms with Gasteiger partial charge in [-0.3, -0.25) is 4.90 Å². The minimum atomic E-state index is 0.568. The molecule has 1 aromatic heterocycles. The van der Waals surface area contributed by atoms with E-state index < -0.39 is 0 Å². The molecule has 3 rings (SSSR count). The Kier molecular flexibility index (Phi) is 4.67. The summed E-state index contributed by atoms with van der Waals surface area (Å²) in [5, 5.41) is 11.7. The maximum atomic E-state index is 5.80. The van der Waals surface area contributed by atoms with Gasteiger partial charge in [0.1, 0.15) is 0 Å². The molecule has 2 aromatic rings. The second-order valence-corrected chi connectivity index (χ2v) is 6.13. The van der Waals surface area contributed by atoms with Crippen LogP contribution in [0.3, 0.4) is 0 Å². The number of rotatable bonds is 5. The largest absolute Gasteiger partial charge is 0.419 e. The maximum Gasteiger partial charge on any atom is 0.247 e. The zero-order chi connectivity index (χ0) is 14.7. The van der Waals surface area contributed by atoms with Crippen molar-refractivity contribution in [3.63, 3.8) is 0 Å². The van der Waals surface area contributed by atoms with Crippen LogP contribution in [0.5, 0.6) is 0 Å². The predicted molar refractivity (Wildman–Crippen MR) is 84.8 cm³/mol. The van der Waals surface area contributed by atoms with E-state index in [2.05, 4.69) is 43.3 Å². The molecule has 1 aliphatic heterocycles. The summed E-state index contributed by atoms with van der Waals surface area (Å²) in [5.41, 5.74) is 0.947. The van der Waals surface area contributed by atoms with Crippen LogP contribution in [-0.2, 0) is 6.54 Å². The standard InChI is InChI=1S/C15H19BrN4O/c1-2-20(13-7-8-17-9-13)10-14-18-19-15(21-14)11-3-5-12(16)6-4-11/h3-6,13,17H,2,7-10H2,1H3. The van der Waals surface area contributed by atoms with Gasteiger partial charge in [-0.15, -0.1) is 10.2 Å². The Morgan fingerprint density at radius 2 is 2.14 bits per heavy atom. The average Bonchev–Trinajstić information content (AvgIpc) is 3.17.